The Hall–Kier alpha value is -1.06. The van der Waals surface area contributed by atoms with E-state index in [0.29, 0.717) is 12.0 Å². The molecule has 3 nitrogen and oxygen atoms in total. The Labute approximate surface area is 123 Å². The van der Waals surface area contributed by atoms with E-state index in [1.807, 2.05) is 6.92 Å². The molecular formula is C17H28N2O. The van der Waals surface area contributed by atoms with Crippen molar-refractivity contribution in [2.75, 3.05) is 32.8 Å². The van der Waals surface area contributed by atoms with Crippen LogP contribution in [0, 0.1) is 5.92 Å². The van der Waals surface area contributed by atoms with E-state index in [2.05, 4.69) is 48.3 Å². The van der Waals surface area contributed by atoms with Crippen molar-refractivity contribution in [2.45, 2.75) is 33.2 Å². The summed E-state index contributed by atoms with van der Waals surface area (Å²) in [6.45, 7) is 11.9. The van der Waals surface area contributed by atoms with Gasteiger partial charge in [0.15, 0.2) is 0 Å². The number of hydrogen-bond donors (Lipinski definition) is 1. The number of piperazine rings is 1. The predicted octanol–water partition coefficient (Wildman–Crippen LogP) is 3.08. The van der Waals surface area contributed by atoms with E-state index in [-0.39, 0.29) is 0 Å². The third-order valence-corrected chi connectivity index (χ3v) is 3.86. The number of hydrogen-bond acceptors (Lipinski definition) is 3. The zero-order valence-electron chi connectivity index (χ0n) is 13.1. The van der Waals surface area contributed by atoms with Gasteiger partial charge in [-0.3, -0.25) is 4.90 Å². The molecule has 0 bridgehead atoms. The molecule has 1 aromatic carbocycles. The highest BCUT2D eigenvalue weighted by Gasteiger charge is 2.22. The fraction of sp³-hybridized carbons (Fsp3) is 0.647. The van der Waals surface area contributed by atoms with Gasteiger partial charge in [0.1, 0.15) is 5.75 Å². The van der Waals surface area contributed by atoms with Gasteiger partial charge in [0.05, 0.1) is 6.61 Å². The Morgan fingerprint density at radius 3 is 2.35 bits per heavy atom. The third kappa shape index (κ3) is 4.22. The van der Waals surface area contributed by atoms with Gasteiger partial charge >= 0.3 is 0 Å². The number of nitrogens with zero attached hydrogens (tertiary/aromatic N) is 1. The first-order valence-electron chi connectivity index (χ1n) is 7.88. The molecule has 2 rings (SSSR count). The van der Waals surface area contributed by atoms with Gasteiger partial charge in [0.25, 0.3) is 0 Å². The van der Waals surface area contributed by atoms with Crippen LogP contribution in [-0.2, 0) is 0 Å². The smallest absolute Gasteiger partial charge is 0.119 e. The molecule has 20 heavy (non-hydrogen) atoms. The van der Waals surface area contributed by atoms with Gasteiger partial charge in [-0.25, -0.2) is 0 Å². The van der Waals surface area contributed by atoms with Crippen LogP contribution in [0.15, 0.2) is 24.3 Å². The average Bonchev–Trinajstić information content (AvgIpc) is 2.47. The van der Waals surface area contributed by atoms with Crippen LogP contribution in [0.25, 0.3) is 0 Å². The molecule has 1 aliphatic heterocycles. The lowest BCUT2D eigenvalue weighted by Crippen LogP contribution is -2.45. The lowest BCUT2D eigenvalue weighted by atomic mass is 9.95. The van der Waals surface area contributed by atoms with Crippen LogP contribution in [-0.4, -0.2) is 37.7 Å². The van der Waals surface area contributed by atoms with Gasteiger partial charge in [-0.1, -0.05) is 26.0 Å². The molecule has 1 aromatic rings. The molecule has 1 saturated heterocycles. The van der Waals surface area contributed by atoms with Gasteiger partial charge in [0.2, 0.25) is 0 Å². The Morgan fingerprint density at radius 2 is 1.80 bits per heavy atom. The Balaban J connectivity index is 2.12. The van der Waals surface area contributed by atoms with Crippen molar-refractivity contribution in [3.05, 3.63) is 29.8 Å². The first-order chi connectivity index (χ1) is 9.70. The normalized spacial score (nSPS) is 18.2. The Morgan fingerprint density at radius 1 is 1.15 bits per heavy atom. The molecule has 1 N–H and O–H groups in total. The monoisotopic (exact) mass is 276 g/mol. The van der Waals surface area contributed by atoms with Crippen LogP contribution in [0.3, 0.4) is 0 Å². The molecule has 0 amide bonds. The second kappa shape index (κ2) is 7.65. The third-order valence-electron chi connectivity index (χ3n) is 3.86. The van der Waals surface area contributed by atoms with Crippen molar-refractivity contribution in [1.29, 1.82) is 0 Å². The fourth-order valence-corrected chi connectivity index (χ4v) is 2.89. The Kier molecular flexibility index (Phi) is 5.86. The van der Waals surface area contributed by atoms with Gasteiger partial charge < -0.3 is 10.1 Å². The lowest BCUT2D eigenvalue weighted by molar-refractivity contribution is 0.154. The molecule has 112 valence electrons. The van der Waals surface area contributed by atoms with Crippen LogP contribution >= 0.6 is 0 Å². The number of nitrogens with one attached hydrogen (secondary N) is 1. The molecule has 0 aliphatic carbocycles. The standard InChI is InChI=1S/C17H28N2O/c1-4-20-16-7-5-15(6-8-16)17(13-14(2)3)19-11-9-18-10-12-19/h5-8,14,17-18H,4,9-13H2,1-3H3/t17-/m1/s1. The SMILES string of the molecule is CCOc1ccc([C@@H](CC(C)C)N2CCNCC2)cc1. The largest absolute Gasteiger partial charge is 0.494 e. The molecule has 1 fully saturated rings. The summed E-state index contributed by atoms with van der Waals surface area (Å²) < 4.78 is 5.54. The van der Waals surface area contributed by atoms with Crippen molar-refractivity contribution in [3.63, 3.8) is 0 Å². The zero-order chi connectivity index (χ0) is 14.4. The maximum atomic E-state index is 5.54. The van der Waals surface area contributed by atoms with E-state index < -0.39 is 0 Å². The topological polar surface area (TPSA) is 24.5 Å². The molecule has 1 aliphatic rings. The minimum absolute atomic E-state index is 0.535. The zero-order valence-corrected chi connectivity index (χ0v) is 13.1. The van der Waals surface area contributed by atoms with E-state index in [0.717, 1.165) is 38.5 Å². The maximum Gasteiger partial charge on any atom is 0.119 e. The minimum Gasteiger partial charge on any atom is -0.494 e. The minimum atomic E-state index is 0.535. The summed E-state index contributed by atoms with van der Waals surface area (Å²) in [7, 11) is 0. The number of rotatable bonds is 6. The van der Waals surface area contributed by atoms with Crippen LogP contribution in [0.1, 0.15) is 38.8 Å². The predicted molar refractivity (Wildman–Crippen MR) is 84.2 cm³/mol. The van der Waals surface area contributed by atoms with Crippen molar-refractivity contribution in [2.24, 2.45) is 5.92 Å². The molecule has 0 spiro atoms. The number of benzene rings is 1. The highest BCUT2D eigenvalue weighted by Crippen LogP contribution is 2.29. The lowest BCUT2D eigenvalue weighted by Gasteiger charge is -2.36. The molecule has 0 aromatic heterocycles. The molecule has 1 heterocycles. The summed E-state index contributed by atoms with van der Waals surface area (Å²) >= 11 is 0. The van der Waals surface area contributed by atoms with Gasteiger partial charge in [-0.2, -0.15) is 0 Å². The van der Waals surface area contributed by atoms with E-state index in [1.165, 1.54) is 12.0 Å². The Bertz CT molecular complexity index is 382. The molecule has 3 heteroatoms. The van der Waals surface area contributed by atoms with Gasteiger partial charge in [0, 0.05) is 32.2 Å². The van der Waals surface area contributed by atoms with E-state index in [1.54, 1.807) is 0 Å². The fourth-order valence-electron chi connectivity index (χ4n) is 2.89. The van der Waals surface area contributed by atoms with Gasteiger partial charge in [-0.05, 0) is 37.0 Å². The summed E-state index contributed by atoms with van der Waals surface area (Å²) in [5, 5.41) is 3.44. The average molecular weight is 276 g/mol. The molecule has 0 unspecified atom stereocenters. The molecule has 1 atom stereocenters. The van der Waals surface area contributed by atoms with Crippen LogP contribution in [0.5, 0.6) is 5.75 Å². The van der Waals surface area contributed by atoms with Crippen LogP contribution < -0.4 is 10.1 Å². The highest BCUT2D eigenvalue weighted by atomic mass is 16.5. The molecular weight excluding hydrogens is 248 g/mol. The molecule has 0 saturated carbocycles. The maximum absolute atomic E-state index is 5.54. The van der Waals surface area contributed by atoms with Crippen molar-refractivity contribution in [3.8, 4) is 5.75 Å². The summed E-state index contributed by atoms with van der Waals surface area (Å²) in [5.41, 5.74) is 1.42. The quantitative estimate of drug-likeness (QED) is 0.864. The number of ether oxygens (including phenoxy) is 1. The summed E-state index contributed by atoms with van der Waals surface area (Å²) in [4.78, 5) is 2.62. The van der Waals surface area contributed by atoms with Crippen molar-refractivity contribution < 1.29 is 4.74 Å². The van der Waals surface area contributed by atoms with Crippen molar-refractivity contribution in [1.82, 2.24) is 10.2 Å². The summed E-state index contributed by atoms with van der Waals surface area (Å²) in [5.74, 6) is 1.68. The molecule has 0 radical (unpaired) electrons. The van der Waals surface area contributed by atoms with E-state index >= 15 is 0 Å². The highest BCUT2D eigenvalue weighted by molar-refractivity contribution is 5.29. The summed E-state index contributed by atoms with van der Waals surface area (Å²) in [6.07, 6.45) is 1.22. The van der Waals surface area contributed by atoms with E-state index in [9.17, 15) is 0 Å². The first kappa shape index (κ1) is 15.3. The van der Waals surface area contributed by atoms with Gasteiger partial charge in [-0.15, -0.1) is 0 Å². The van der Waals surface area contributed by atoms with Crippen molar-refractivity contribution >= 4 is 0 Å². The summed E-state index contributed by atoms with van der Waals surface area (Å²) in [6, 6.07) is 9.22. The van der Waals surface area contributed by atoms with Crippen LogP contribution in [0.4, 0.5) is 0 Å². The second-order valence-corrected chi connectivity index (χ2v) is 5.93. The van der Waals surface area contributed by atoms with Crippen LogP contribution in [0.2, 0.25) is 0 Å². The second-order valence-electron chi connectivity index (χ2n) is 5.93. The van der Waals surface area contributed by atoms with E-state index in [4.69, 9.17) is 4.74 Å². The first-order valence-corrected chi connectivity index (χ1v) is 7.88.